The lowest BCUT2D eigenvalue weighted by atomic mass is 10.3. The number of thioether (sulfide) groups is 1. The van der Waals surface area contributed by atoms with E-state index in [1.54, 1.807) is 0 Å². The van der Waals surface area contributed by atoms with Gasteiger partial charge in [-0.1, -0.05) is 13.2 Å². The van der Waals surface area contributed by atoms with Gasteiger partial charge in [-0.3, -0.25) is 4.21 Å². The molecule has 1 aliphatic heterocycles. The van der Waals surface area contributed by atoms with E-state index in [9.17, 15) is 13.8 Å². The van der Waals surface area contributed by atoms with E-state index >= 15 is 0 Å². The second kappa shape index (κ2) is 6.72. The average molecular weight is 302 g/mol. The Hall–Kier alpha value is -1.34. The molecule has 1 aliphatic rings. The molecule has 0 N–H and O–H groups in total. The molecule has 1 fully saturated rings. The predicted molar refractivity (Wildman–Crippen MR) is 74.3 cm³/mol. The molecule has 0 bridgehead atoms. The Labute approximate surface area is 118 Å². The first-order valence-corrected chi connectivity index (χ1v) is 7.64. The van der Waals surface area contributed by atoms with Crippen molar-refractivity contribution in [2.45, 2.75) is 13.8 Å². The highest BCUT2D eigenvalue weighted by Crippen LogP contribution is 2.32. The normalized spacial score (nSPS) is 17.8. The van der Waals surface area contributed by atoms with Crippen molar-refractivity contribution in [1.29, 1.82) is 0 Å². The Morgan fingerprint density at radius 3 is 1.95 bits per heavy atom. The third kappa shape index (κ3) is 4.36. The highest BCUT2D eigenvalue weighted by molar-refractivity contribution is 8.19. The van der Waals surface area contributed by atoms with Gasteiger partial charge in [-0.05, 0) is 13.8 Å². The van der Waals surface area contributed by atoms with Crippen molar-refractivity contribution in [3.05, 3.63) is 34.5 Å². The van der Waals surface area contributed by atoms with Crippen molar-refractivity contribution in [3.63, 3.8) is 0 Å². The van der Waals surface area contributed by atoms with Gasteiger partial charge in [0.25, 0.3) is 0 Å². The highest BCUT2D eigenvalue weighted by atomic mass is 32.2. The molecule has 0 amide bonds. The van der Waals surface area contributed by atoms with Crippen LogP contribution in [-0.4, -0.2) is 27.7 Å². The predicted octanol–water partition coefficient (Wildman–Crippen LogP) is 1.85. The summed E-state index contributed by atoms with van der Waals surface area (Å²) >= 11 is 1.19. The number of hydrogen-bond acceptors (Lipinski definition) is 6. The zero-order chi connectivity index (χ0) is 14.6. The van der Waals surface area contributed by atoms with Gasteiger partial charge < -0.3 is 9.47 Å². The number of allylic oxidation sites excluding steroid dienone is 2. The highest BCUT2D eigenvalue weighted by Gasteiger charge is 2.32. The SMILES string of the molecule is C=C(C)OC(=O)C(C(=O)OC(=C)C)=C1SCCS1=O. The molecule has 0 saturated carbocycles. The zero-order valence-corrected chi connectivity index (χ0v) is 12.3. The van der Waals surface area contributed by atoms with Gasteiger partial charge in [-0.25, -0.2) is 9.59 Å². The van der Waals surface area contributed by atoms with Crippen LogP contribution in [0.4, 0.5) is 0 Å². The summed E-state index contributed by atoms with van der Waals surface area (Å²) in [5.41, 5.74) is -0.341. The third-order valence-electron chi connectivity index (χ3n) is 1.85. The minimum Gasteiger partial charge on any atom is -0.428 e. The molecule has 0 aliphatic carbocycles. The standard InChI is InChI=1S/C12H14O5S2/c1-7(2)16-10(13)9(11(14)17-8(3)4)12-18-5-6-19(12)15/h1,3,5-6H2,2,4H3. The van der Waals surface area contributed by atoms with E-state index in [0.717, 1.165) is 0 Å². The van der Waals surface area contributed by atoms with E-state index in [1.807, 2.05) is 0 Å². The summed E-state index contributed by atoms with van der Waals surface area (Å²) in [6, 6.07) is 0. The van der Waals surface area contributed by atoms with Crippen molar-refractivity contribution in [2.75, 3.05) is 11.5 Å². The fourth-order valence-electron chi connectivity index (χ4n) is 1.22. The Bertz CT molecular complexity index is 474. The van der Waals surface area contributed by atoms with Crippen LogP contribution in [-0.2, 0) is 29.9 Å². The van der Waals surface area contributed by atoms with Gasteiger partial charge in [0.2, 0.25) is 0 Å². The van der Waals surface area contributed by atoms with Crippen LogP contribution in [0.1, 0.15) is 13.8 Å². The lowest BCUT2D eigenvalue weighted by Crippen LogP contribution is -2.19. The summed E-state index contributed by atoms with van der Waals surface area (Å²) in [4.78, 5) is 23.8. The van der Waals surface area contributed by atoms with Gasteiger partial charge in [0.05, 0.1) is 26.6 Å². The van der Waals surface area contributed by atoms with Crippen LogP contribution in [0.15, 0.2) is 34.5 Å². The van der Waals surface area contributed by atoms with Crippen LogP contribution in [0, 0.1) is 0 Å². The van der Waals surface area contributed by atoms with Gasteiger partial charge >= 0.3 is 11.9 Å². The Balaban J connectivity index is 3.14. The molecule has 104 valence electrons. The maximum absolute atomic E-state index is 11.9. The molecule has 1 rings (SSSR count). The minimum absolute atomic E-state index is 0.139. The minimum atomic E-state index is -1.38. The summed E-state index contributed by atoms with van der Waals surface area (Å²) < 4.78 is 21.6. The van der Waals surface area contributed by atoms with Crippen molar-refractivity contribution in [1.82, 2.24) is 0 Å². The van der Waals surface area contributed by atoms with Gasteiger partial charge in [-0.15, -0.1) is 11.8 Å². The second-order valence-electron chi connectivity index (χ2n) is 3.74. The molecule has 1 saturated heterocycles. The van der Waals surface area contributed by atoms with Crippen LogP contribution in [0.25, 0.3) is 0 Å². The van der Waals surface area contributed by atoms with E-state index < -0.39 is 22.7 Å². The molecule has 0 aromatic heterocycles. The van der Waals surface area contributed by atoms with Crippen molar-refractivity contribution in [3.8, 4) is 0 Å². The van der Waals surface area contributed by atoms with Crippen molar-refractivity contribution < 1.29 is 23.3 Å². The van der Waals surface area contributed by atoms with Crippen LogP contribution < -0.4 is 0 Å². The molecule has 0 aromatic carbocycles. The van der Waals surface area contributed by atoms with Crippen molar-refractivity contribution >= 4 is 34.5 Å². The largest absolute Gasteiger partial charge is 0.428 e. The zero-order valence-electron chi connectivity index (χ0n) is 10.7. The second-order valence-corrected chi connectivity index (χ2v) is 6.61. The molecule has 5 nitrogen and oxygen atoms in total. The van der Waals surface area contributed by atoms with E-state index in [-0.39, 0.29) is 21.3 Å². The van der Waals surface area contributed by atoms with E-state index in [4.69, 9.17) is 9.47 Å². The maximum Gasteiger partial charge on any atom is 0.352 e. The molecule has 0 aromatic rings. The third-order valence-corrected chi connectivity index (χ3v) is 5.09. The van der Waals surface area contributed by atoms with E-state index in [0.29, 0.717) is 11.5 Å². The summed E-state index contributed by atoms with van der Waals surface area (Å²) in [6.45, 7) is 9.80. The number of carbonyl (C=O) groups is 2. The molecule has 1 atom stereocenters. The molecule has 19 heavy (non-hydrogen) atoms. The van der Waals surface area contributed by atoms with Crippen molar-refractivity contribution in [2.24, 2.45) is 0 Å². The summed E-state index contributed by atoms with van der Waals surface area (Å²) in [5.74, 6) is -0.566. The summed E-state index contributed by atoms with van der Waals surface area (Å²) in [6.07, 6.45) is 0. The van der Waals surface area contributed by atoms with Gasteiger partial charge in [0, 0.05) is 11.5 Å². The molecule has 0 radical (unpaired) electrons. The smallest absolute Gasteiger partial charge is 0.352 e. The average Bonchev–Trinajstić information content (AvgIpc) is 2.62. The van der Waals surface area contributed by atoms with Gasteiger partial charge in [0.1, 0.15) is 0 Å². The topological polar surface area (TPSA) is 69.7 Å². The number of hydrogen-bond donors (Lipinski definition) is 0. The molecular formula is C12H14O5S2. The number of carbonyl (C=O) groups excluding carboxylic acids is 2. The first-order chi connectivity index (χ1) is 8.82. The molecule has 0 spiro atoms. The quantitative estimate of drug-likeness (QED) is 0.259. The Morgan fingerprint density at radius 2 is 1.63 bits per heavy atom. The molecule has 7 heteroatoms. The number of esters is 2. The maximum atomic E-state index is 11.9. The first-order valence-electron chi connectivity index (χ1n) is 5.33. The van der Waals surface area contributed by atoms with Gasteiger partial charge in [0.15, 0.2) is 5.57 Å². The fraction of sp³-hybridized carbons (Fsp3) is 0.333. The number of ether oxygens (including phenoxy) is 2. The Kier molecular flexibility index (Phi) is 5.56. The summed E-state index contributed by atoms with van der Waals surface area (Å²) in [7, 11) is -1.38. The number of rotatable bonds is 4. The lowest BCUT2D eigenvalue weighted by molar-refractivity contribution is -0.142. The van der Waals surface area contributed by atoms with Crippen LogP contribution in [0.3, 0.4) is 0 Å². The van der Waals surface area contributed by atoms with Crippen LogP contribution >= 0.6 is 11.8 Å². The van der Waals surface area contributed by atoms with E-state index in [2.05, 4.69) is 13.2 Å². The van der Waals surface area contributed by atoms with Crippen LogP contribution in [0.5, 0.6) is 0 Å². The van der Waals surface area contributed by atoms with Crippen LogP contribution in [0.2, 0.25) is 0 Å². The van der Waals surface area contributed by atoms with Gasteiger partial charge in [-0.2, -0.15) is 0 Å². The lowest BCUT2D eigenvalue weighted by Gasteiger charge is -2.09. The first kappa shape index (κ1) is 15.7. The summed E-state index contributed by atoms with van der Waals surface area (Å²) in [5, 5.41) is 0. The molecule has 1 unspecified atom stereocenters. The molecule has 1 heterocycles. The molecular weight excluding hydrogens is 288 g/mol. The Morgan fingerprint density at radius 1 is 1.16 bits per heavy atom. The monoisotopic (exact) mass is 302 g/mol. The van der Waals surface area contributed by atoms with E-state index in [1.165, 1.54) is 25.6 Å². The fourth-order valence-corrected chi connectivity index (χ4v) is 4.26.